The summed E-state index contributed by atoms with van der Waals surface area (Å²) in [5, 5.41) is 19.3. The van der Waals surface area contributed by atoms with E-state index < -0.39 is 0 Å². The highest BCUT2D eigenvalue weighted by molar-refractivity contribution is 5.71. The number of benzene rings is 2. The fourth-order valence-corrected chi connectivity index (χ4v) is 2.76. The maximum atomic E-state index is 9.93. The van der Waals surface area contributed by atoms with Crippen molar-refractivity contribution in [2.75, 3.05) is 0 Å². The summed E-state index contributed by atoms with van der Waals surface area (Å²) in [7, 11) is 0. The van der Waals surface area contributed by atoms with Gasteiger partial charge in [0, 0.05) is 0 Å². The number of hydrogen-bond donors (Lipinski definition) is 2. The van der Waals surface area contributed by atoms with Gasteiger partial charge in [-0.25, -0.2) is 0 Å². The number of rotatable bonds is 1. The van der Waals surface area contributed by atoms with E-state index in [9.17, 15) is 10.2 Å². The predicted octanol–water partition coefficient (Wildman–Crippen LogP) is 3.64. The van der Waals surface area contributed by atoms with Gasteiger partial charge < -0.3 is 10.2 Å². The molecule has 0 atom stereocenters. The van der Waals surface area contributed by atoms with Crippen molar-refractivity contribution in [2.45, 2.75) is 25.7 Å². The van der Waals surface area contributed by atoms with Gasteiger partial charge in [0.1, 0.15) is 11.5 Å². The molecule has 2 aromatic rings. The number of aromatic hydroxyl groups is 2. The van der Waals surface area contributed by atoms with Gasteiger partial charge in [0.15, 0.2) is 0 Å². The van der Waals surface area contributed by atoms with E-state index in [2.05, 4.69) is 0 Å². The molecule has 0 spiro atoms. The first kappa shape index (κ1) is 11.1. The Balaban J connectivity index is 2.15. The molecule has 92 valence electrons. The maximum Gasteiger partial charge on any atom is 0.119 e. The zero-order chi connectivity index (χ0) is 12.5. The number of phenols is 2. The minimum Gasteiger partial charge on any atom is -0.508 e. The molecule has 2 aromatic carbocycles. The van der Waals surface area contributed by atoms with Crippen molar-refractivity contribution in [1.82, 2.24) is 0 Å². The highest BCUT2D eigenvalue weighted by Crippen LogP contribution is 2.36. The third kappa shape index (κ3) is 1.84. The molecule has 0 bridgehead atoms. The first-order chi connectivity index (χ1) is 8.75. The molecule has 1 aliphatic carbocycles. The molecule has 0 heterocycles. The van der Waals surface area contributed by atoms with E-state index in [1.807, 2.05) is 18.2 Å². The third-order valence-electron chi connectivity index (χ3n) is 3.69. The normalized spacial score (nSPS) is 14.2. The van der Waals surface area contributed by atoms with E-state index in [0.29, 0.717) is 5.75 Å². The minimum atomic E-state index is 0.284. The maximum absolute atomic E-state index is 9.93. The van der Waals surface area contributed by atoms with Gasteiger partial charge >= 0.3 is 0 Å². The summed E-state index contributed by atoms with van der Waals surface area (Å²) >= 11 is 0. The van der Waals surface area contributed by atoms with Gasteiger partial charge in [-0.05, 0) is 66.1 Å². The molecule has 0 fully saturated rings. The molecule has 18 heavy (non-hydrogen) atoms. The smallest absolute Gasteiger partial charge is 0.119 e. The average molecular weight is 240 g/mol. The minimum absolute atomic E-state index is 0.284. The second-order valence-electron chi connectivity index (χ2n) is 4.84. The molecule has 0 aromatic heterocycles. The number of fused-ring (bicyclic) bond motifs is 1. The van der Waals surface area contributed by atoms with E-state index in [1.165, 1.54) is 17.5 Å². The quantitative estimate of drug-likeness (QED) is 0.798. The molecular formula is C16H16O2. The van der Waals surface area contributed by atoms with Crippen LogP contribution in [0.15, 0.2) is 36.4 Å². The Morgan fingerprint density at radius 3 is 2.11 bits per heavy atom. The van der Waals surface area contributed by atoms with E-state index in [0.717, 1.165) is 30.4 Å². The molecule has 0 amide bonds. The molecule has 1 aliphatic rings. The van der Waals surface area contributed by atoms with E-state index in [1.54, 1.807) is 18.2 Å². The van der Waals surface area contributed by atoms with E-state index in [4.69, 9.17) is 0 Å². The average Bonchev–Trinajstić information content (AvgIpc) is 2.41. The second kappa shape index (κ2) is 4.37. The van der Waals surface area contributed by atoms with Gasteiger partial charge in [0.05, 0.1) is 0 Å². The van der Waals surface area contributed by atoms with Crippen molar-refractivity contribution in [3.8, 4) is 22.6 Å². The van der Waals surface area contributed by atoms with Gasteiger partial charge in [-0.15, -0.1) is 0 Å². The van der Waals surface area contributed by atoms with Crippen LogP contribution in [0.3, 0.4) is 0 Å². The Labute approximate surface area is 107 Å². The Hall–Kier alpha value is -1.96. The highest BCUT2D eigenvalue weighted by atomic mass is 16.3. The van der Waals surface area contributed by atoms with E-state index in [-0.39, 0.29) is 5.75 Å². The molecule has 0 aliphatic heterocycles. The fraction of sp³-hybridized carbons (Fsp3) is 0.250. The second-order valence-corrected chi connectivity index (χ2v) is 4.84. The first-order valence-corrected chi connectivity index (χ1v) is 6.39. The summed E-state index contributed by atoms with van der Waals surface area (Å²) < 4.78 is 0. The topological polar surface area (TPSA) is 40.5 Å². The van der Waals surface area contributed by atoms with Crippen molar-refractivity contribution >= 4 is 0 Å². The van der Waals surface area contributed by atoms with Crippen LogP contribution in [-0.2, 0) is 12.8 Å². The van der Waals surface area contributed by atoms with Crippen molar-refractivity contribution in [1.29, 1.82) is 0 Å². The number of hydrogen-bond acceptors (Lipinski definition) is 2. The van der Waals surface area contributed by atoms with Crippen molar-refractivity contribution < 1.29 is 10.2 Å². The Morgan fingerprint density at radius 2 is 1.39 bits per heavy atom. The summed E-state index contributed by atoms with van der Waals surface area (Å²) in [4.78, 5) is 0. The van der Waals surface area contributed by atoms with E-state index >= 15 is 0 Å². The van der Waals surface area contributed by atoms with Crippen LogP contribution in [-0.4, -0.2) is 10.2 Å². The molecule has 3 rings (SSSR count). The highest BCUT2D eigenvalue weighted by Gasteiger charge is 2.17. The van der Waals surface area contributed by atoms with Crippen LogP contribution >= 0.6 is 0 Å². The molecule has 0 radical (unpaired) electrons. The van der Waals surface area contributed by atoms with Crippen LogP contribution in [0.25, 0.3) is 11.1 Å². The van der Waals surface area contributed by atoms with Gasteiger partial charge in [-0.1, -0.05) is 18.2 Å². The summed E-state index contributed by atoms with van der Waals surface area (Å²) in [6, 6.07) is 11.0. The summed E-state index contributed by atoms with van der Waals surface area (Å²) in [6.07, 6.45) is 4.33. The zero-order valence-corrected chi connectivity index (χ0v) is 10.2. The summed E-state index contributed by atoms with van der Waals surface area (Å²) in [5.41, 5.74) is 4.66. The van der Waals surface area contributed by atoms with Gasteiger partial charge in [-0.3, -0.25) is 0 Å². The molecule has 2 N–H and O–H groups in total. The lowest BCUT2D eigenvalue weighted by Gasteiger charge is -2.20. The van der Waals surface area contributed by atoms with Crippen LogP contribution < -0.4 is 0 Å². The Kier molecular flexibility index (Phi) is 2.71. The summed E-state index contributed by atoms with van der Waals surface area (Å²) in [5.74, 6) is 0.707. The first-order valence-electron chi connectivity index (χ1n) is 6.39. The van der Waals surface area contributed by atoms with Crippen LogP contribution in [0.4, 0.5) is 0 Å². The van der Waals surface area contributed by atoms with Gasteiger partial charge in [0.2, 0.25) is 0 Å². The Bertz CT molecular complexity index is 570. The number of phenolic OH excluding ortho intramolecular Hbond substituents is 2. The molecular weight excluding hydrogens is 224 g/mol. The third-order valence-corrected chi connectivity index (χ3v) is 3.69. The SMILES string of the molecule is Oc1ccc(-c2ccc(O)c3c2CCCC3)cc1. The largest absolute Gasteiger partial charge is 0.508 e. The molecule has 2 heteroatoms. The molecule has 0 unspecified atom stereocenters. The monoisotopic (exact) mass is 240 g/mol. The van der Waals surface area contributed by atoms with Crippen LogP contribution in [0, 0.1) is 0 Å². The van der Waals surface area contributed by atoms with Gasteiger partial charge in [0.25, 0.3) is 0 Å². The molecule has 0 saturated heterocycles. The molecule has 2 nitrogen and oxygen atoms in total. The van der Waals surface area contributed by atoms with Crippen LogP contribution in [0.1, 0.15) is 24.0 Å². The van der Waals surface area contributed by atoms with Crippen molar-refractivity contribution in [3.05, 3.63) is 47.5 Å². The lowest BCUT2D eigenvalue weighted by atomic mass is 9.85. The lowest BCUT2D eigenvalue weighted by Crippen LogP contribution is -2.04. The lowest BCUT2D eigenvalue weighted by molar-refractivity contribution is 0.462. The predicted molar refractivity (Wildman–Crippen MR) is 71.8 cm³/mol. The van der Waals surface area contributed by atoms with Crippen LogP contribution in [0.5, 0.6) is 11.5 Å². The van der Waals surface area contributed by atoms with Crippen molar-refractivity contribution in [2.24, 2.45) is 0 Å². The summed E-state index contributed by atoms with van der Waals surface area (Å²) in [6.45, 7) is 0. The van der Waals surface area contributed by atoms with Gasteiger partial charge in [-0.2, -0.15) is 0 Å². The van der Waals surface area contributed by atoms with Crippen molar-refractivity contribution in [3.63, 3.8) is 0 Å². The molecule has 0 saturated carbocycles. The van der Waals surface area contributed by atoms with Crippen LogP contribution in [0.2, 0.25) is 0 Å². The standard InChI is InChI=1S/C16H16O2/c17-12-7-5-11(6-8-12)13-9-10-16(18)15-4-2-1-3-14(13)15/h5-10,17-18H,1-4H2. The zero-order valence-electron chi connectivity index (χ0n) is 10.2. The Morgan fingerprint density at radius 1 is 0.722 bits per heavy atom. The fourth-order valence-electron chi connectivity index (χ4n) is 2.76.